The third kappa shape index (κ3) is 3.82. The molecule has 9 heteroatoms. The zero-order chi connectivity index (χ0) is 22.1. The first-order valence-electron chi connectivity index (χ1n) is 10.2. The number of fused-ring (bicyclic) bond motifs is 2. The first-order chi connectivity index (χ1) is 15.6. The summed E-state index contributed by atoms with van der Waals surface area (Å²) in [6.07, 6.45) is 1.87. The second kappa shape index (κ2) is 8.43. The fourth-order valence-corrected chi connectivity index (χ4v) is 4.74. The van der Waals surface area contributed by atoms with Crippen LogP contribution in [-0.4, -0.2) is 34.7 Å². The van der Waals surface area contributed by atoms with Gasteiger partial charge in [-0.2, -0.15) is 0 Å². The summed E-state index contributed by atoms with van der Waals surface area (Å²) in [6, 6.07) is 11.7. The molecule has 0 saturated heterocycles. The number of carbonyl (C=O) groups is 1. The quantitative estimate of drug-likeness (QED) is 0.465. The van der Waals surface area contributed by atoms with Gasteiger partial charge in [0.2, 0.25) is 12.7 Å². The highest BCUT2D eigenvalue weighted by atomic mass is 32.1. The maximum Gasteiger partial charge on any atom is 0.231 e. The molecule has 8 nitrogen and oxygen atoms in total. The Hall–Kier alpha value is -3.72. The smallest absolute Gasteiger partial charge is 0.231 e. The standard InChI is InChI=1S/C23H21N5O3S/c1-13-20(14-6-7-16-17(9-14)31-12-30-16)21-22(26-11-15-5-3-4-8-25-15)27-18(10-19(29)24-2)28-23(21)32-13/h3-9H,10-12H2,1-2H3,(H,24,29)(H,26,27,28). The Kier molecular flexibility index (Phi) is 5.32. The fourth-order valence-electron chi connectivity index (χ4n) is 3.67. The fraction of sp³-hybridized carbons (Fsp3) is 0.217. The van der Waals surface area contributed by atoms with E-state index in [1.165, 1.54) is 0 Å². The van der Waals surface area contributed by atoms with Crippen molar-refractivity contribution in [1.29, 1.82) is 0 Å². The lowest BCUT2D eigenvalue weighted by Crippen LogP contribution is -2.21. The van der Waals surface area contributed by atoms with Crippen LogP contribution in [0, 0.1) is 6.92 Å². The molecule has 2 N–H and O–H groups in total. The number of pyridine rings is 1. The number of rotatable bonds is 6. The summed E-state index contributed by atoms with van der Waals surface area (Å²) in [5, 5.41) is 6.97. The van der Waals surface area contributed by atoms with Crippen LogP contribution in [0.15, 0.2) is 42.6 Å². The number of carbonyl (C=O) groups excluding carboxylic acids is 1. The van der Waals surface area contributed by atoms with Crippen molar-refractivity contribution in [3.05, 3.63) is 59.0 Å². The molecule has 3 aromatic heterocycles. The van der Waals surface area contributed by atoms with Gasteiger partial charge in [-0.3, -0.25) is 9.78 Å². The van der Waals surface area contributed by atoms with Crippen molar-refractivity contribution in [3.8, 4) is 22.6 Å². The van der Waals surface area contributed by atoms with Crippen LogP contribution in [0.2, 0.25) is 0 Å². The van der Waals surface area contributed by atoms with Gasteiger partial charge in [-0.25, -0.2) is 9.97 Å². The van der Waals surface area contributed by atoms with Crippen LogP contribution in [0.25, 0.3) is 21.3 Å². The number of benzene rings is 1. The van der Waals surface area contributed by atoms with E-state index in [1.54, 1.807) is 24.6 Å². The van der Waals surface area contributed by atoms with Crippen molar-refractivity contribution in [2.75, 3.05) is 19.2 Å². The molecular formula is C23H21N5O3S. The molecule has 162 valence electrons. The topological polar surface area (TPSA) is 98.3 Å². The van der Waals surface area contributed by atoms with E-state index in [-0.39, 0.29) is 19.1 Å². The van der Waals surface area contributed by atoms with Gasteiger partial charge in [0, 0.05) is 23.7 Å². The molecule has 4 heterocycles. The minimum absolute atomic E-state index is 0.112. The summed E-state index contributed by atoms with van der Waals surface area (Å²) in [4.78, 5) is 27.7. The summed E-state index contributed by atoms with van der Waals surface area (Å²) in [6.45, 7) is 2.79. The highest BCUT2D eigenvalue weighted by Gasteiger charge is 2.22. The van der Waals surface area contributed by atoms with Gasteiger partial charge in [0.1, 0.15) is 16.5 Å². The van der Waals surface area contributed by atoms with Crippen molar-refractivity contribution in [3.63, 3.8) is 0 Å². The summed E-state index contributed by atoms with van der Waals surface area (Å²) in [5.74, 6) is 2.48. The Balaban J connectivity index is 1.62. The summed E-state index contributed by atoms with van der Waals surface area (Å²) in [7, 11) is 1.61. The maximum atomic E-state index is 12.0. The molecule has 5 rings (SSSR count). The molecule has 1 amide bonds. The van der Waals surface area contributed by atoms with Crippen molar-refractivity contribution >= 4 is 33.3 Å². The van der Waals surface area contributed by atoms with E-state index in [9.17, 15) is 4.79 Å². The van der Waals surface area contributed by atoms with Crippen LogP contribution in [-0.2, 0) is 17.8 Å². The number of likely N-dealkylation sites (N-methyl/N-ethyl adjacent to an activating group) is 1. The zero-order valence-corrected chi connectivity index (χ0v) is 18.5. The van der Waals surface area contributed by atoms with E-state index in [0.29, 0.717) is 18.2 Å². The molecule has 0 spiro atoms. The molecule has 0 atom stereocenters. The first kappa shape index (κ1) is 20.2. The number of anilines is 1. The molecule has 1 aliphatic rings. The van der Waals surface area contributed by atoms with Gasteiger partial charge in [-0.1, -0.05) is 12.1 Å². The zero-order valence-electron chi connectivity index (χ0n) is 17.6. The molecule has 0 bridgehead atoms. The second-order valence-corrected chi connectivity index (χ2v) is 8.50. The van der Waals surface area contributed by atoms with Gasteiger partial charge in [0.15, 0.2) is 11.5 Å². The Morgan fingerprint density at radius 1 is 1.16 bits per heavy atom. The van der Waals surface area contributed by atoms with Crippen LogP contribution >= 0.6 is 11.3 Å². The van der Waals surface area contributed by atoms with Crippen LogP contribution in [0.4, 0.5) is 5.82 Å². The van der Waals surface area contributed by atoms with Crippen LogP contribution < -0.4 is 20.1 Å². The number of aromatic nitrogens is 3. The predicted octanol–water partition coefficient (Wildman–Crippen LogP) is 3.69. The monoisotopic (exact) mass is 447 g/mol. The first-order valence-corrected chi connectivity index (χ1v) is 11.0. The van der Waals surface area contributed by atoms with Crippen molar-refractivity contribution in [2.45, 2.75) is 19.9 Å². The van der Waals surface area contributed by atoms with E-state index in [2.05, 4.69) is 22.5 Å². The number of nitrogens with one attached hydrogen (secondary N) is 2. The summed E-state index contributed by atoms with van der Waals surface area (Å²) < 4.78 is 11.0. The second-order valence-electron chi connectivity index (χ2n) is 7.29. The molecule has 4 aromatic rings. The number of amides is 1. The molecule has 1 aliphatic heterocycles. The van der Waals surface area contributed by atoms with Crippen LogP contribution in [0.5, 0.6) is 11.5 Å². The maximum absolute atomic E-state index is 12.0. The average Bonchev–Trinajstić information content (AvgIpc) is 3.40. The Labute approximate surface area is 188 Å². The Morgan fingerprint density at radius 2 is 2.03 bits per heavy atom. The molecule has 0 saturated carbocycles. The molecule has 32 heavy (non-hydrogen) atoms. The van der Waals surface area contributed by atoms with Crippen molar-refractivity contribution in [1.82, 2.24) is 20.3 Å². The number of nitrogens with zero attached hydrogens (tertiary/aromatic N) is 3. The van der Waals surface area contributed by atoms with Gasteiger partial charge in [0.05, 0.1) is 24.0 Å². The largest absolute Gasteiger partial charge is 0.454 e. The van der Waals surface area contributed by atoms with E-state index < -0.39 is 0 Å². The predicted molar refractivity (Wildman–Crippen MR) is 123 cm³/mol. The minimum atomic E-state index is -0.135. The molecule has 0 radical (unpaired) electrons. The van der Waals surface area contributed by atoms with Gasteiger partial charge < -0.3 is 20.1 Å². The third-order valence-electron chi connectivity index (χ3n) is 5.20. The van der Waals surface area contributed by atoms with Gasteiger partial charge in [-0.05, 0) is 36.8 Å². The van der Waals surface area contributed by atoms with Crippen molar-refractivity contribution < 1.29 is 14.3 Å². The van der Waals surface area contributed by atoms with E-state index in [4.69, 9.17) is 19.4 Å². The third-order valence-corrected chi connectivity index (χ3v) is 6.19. The van der Waals surface area contributed by atoms with E-state index in [0.717, 1.165) is 43.4 Å². The van der Waals surface area contributed by atoms with E-state index in [1.807, 2.05) is 36.4 Å². The molecular weight excluding hydrogens is 426 g/mol. The Bertz CT molecular complexity index is 1310. The number of aryl methyl sites for hydroxylation is 1. The van der Waals surface area contributed by atoms with Gasteiger partial charge in [-0.15, -0.1) is 11.3 Å². The molecule has 0 unspecified atom stereocenters. The molecule has 0 aliphatic carbocycles. The summed E-state index contributed by atoms with van der Waals surface area (Å²) >= 11 is 1.58. The summed E-state index contributed by atoms with van der Waals surface area (Å²) in [5.41, 5.74) is 2.93. The van der Waals surface area contributed by atoms with Crippen molar-refractivity contribution in [2.24, 2.45) is 0 Å². The number of hydrogen-bond acceptors (Lipinski definition) is 8. The van der Waals surface area contributed by atoms with E-state index >= 15 is 0 Å². The highest BCUT2D eigenvalue weighted by Crippen LogP contribution is 2.44. The normalized spacial score (nSPS) is 12.2. The lowest BCUT2D eigenvalue weighted by Gasteiger charge is -2.11. The van der Waals surface area contributed by atoms with Crippen LogP contribution in [0.1, 0.15) is 16.4 Å². The minimum Gasteiger partial charge on any atom is -0.454 e. The lowest BCUT2D eigenvalue weighted by atomic mass is 10.0. The molecule has 1 aromatic carbocycles. The number of hydrogen-bond donors (Lipinski definition) is 2. The lowest BCUT2D eigenvalue weighted by molar-refractivity contribution is -0.120. The van der Waals surface area contributed by atoms with Gasteiger partial charge >= 0.3 is 0 Å². The number of thiophene rings is 1. The highest BCUT2D eigenvalue weighted by molar-refractivity contribution is 7.19. The SMILES string of the molecule is CNC(=O)Cc1nc(NCc2ccccn2)c2c(-c3ccc4c(c3)OCO4)c(C)sc2n1. The van der Waals surface area contributed by atoms with Gasteiger partial charge in [0.25, 0.3) is 0 Å². The molecule has 0 fully saturated rings. The Morgan fingerprint density at radius 3 is 2.84 bits per heavy atom. The van der Waals surface area contributed by atoms with Crippen LogP contribution in [0.3, 0.4) is 0 Å². The number of ether oxygens (including phenoxy) is 2. The average molecular weight is 448 g/mol.